The van der Waals surface area contributed by atoms with Gasteiger partial charge in [0.1, 0.15) is 5.75 Å². The second-order valence-corrected chi connectivity index (χ2v) is 7.82. The van der Waals surface area contributed by atoms with Gasteiger partial charge in [-0.25, -0.2) is 0 Å². The number of fused-ring (bicyclic) bond motifs is 1. The Hall–Kier alpha value is -3.81. The number of anilines is 1. The summed E-state index contributed by atoms with van der Waals surface area (Å²) in [6, 6.07) is 14.9. The van der Waals surface area contributed by atoms with E-state index in [2.05, 4.69) is 10.6 Å². The first kappa shape index (κ1) is 21.4. The van der Waals surface area contributed by atoms with Crippen LogP contribution in [0.3, 0.4) is 0 Å². The van der Waals surface area contributed by atoms with Gasteiger partial charge >= 0.3 is 0 Å². The van der Waals surface area contributed by atoms with Gasteiger partial charge in [-0.3, -0.25) is 14.4 Å². The smallest absolute Gasteiger partial charge is 0.253 e. The number of nitrogens with zero attached hydrogens (tertiary/aromatic N) is 2. The van der Waals surface area contributed by atoms with E-state index in [0.717, 1.165) is 10.9 Å². The Bertz CT molecular complexity index is 1170. The molecule has 8 nitrogen and oxygen atoms in total. The molecule has 8 heteroatoms. The van der Waals surface area contributed by atoms with Crippen LogP contribution < -0.4 is 20.3 Å². The maximum atomic E-state index is 12.6. The number of hydrogen-bond donors (Lipinski definition) is 2. The van der Waals surface area contributed by atoms with Gasteiger partial charge in [0.25, 0.3) is 5.91 Å². The summed E-state index contributed by atoms with van der Waals surface area (Å²) in [7, 11) is 3.47. The van der Waals surface area contributed by atoms with Gasteiger partial charge in [-0.2, -0.15) is 0 Å². The highest BCUT2D eigenvalue weighted by atomic mass is 16.5. The molecule has 1 unspecified atom stereocenters. The number of ether oxygens (including phenoxy) is 1. The van der Waals surface area contributed by atoms with E-state index in [-0.39, 0.29) is 24.1 Å². The maximum absolute atomic E-state index is 12.6. The van der Waals surface area contributed by atoms with Crippen molar-refractivity contribution in [3.63, 3.8) is 0 Å². The molecule has 1 aliphatic heterocycles. The molecule has 1 aliphatic rings. The Morgan fingerprint density at radius 2 is 1.88 bits per heavy atom. The summed E-state index contributed by atoms with van der Waals surface area (Å²) in [5.41, 5.74) is 2.30. The standard InChI is InChI=1S/C24H26N4O4/c1-27-15-20(19-8-3-4-9-21(19)27)24(31)26-11-10-25-23(30)16-12-22(29)28(14-16)17-6-5-7-18(13-17)32-2/h3-9,13,15-16H,10-12,14H2,1-2H3,(H,25,30)(H,26,31). The molecule has 2 N–H and O–H groups in total. The second-order valence-electron chi connectivity index (χ2n) is 7.82. The number of rotatable bonds is 7. The van der Waals surface area contributed by atoms with Crippen molar-refractivity contribution in [2.75, 3.05) is 31.6 Å². The van der Waals surface area contributed by atoms with Crippen LogP contribution in [0.15, 0.2) is 54.7 Å². The number of benzene rings is 2. The third kappa shape index (κ3) is 4.30. The zero-order valence-electron chi connectivity index (χ0n) is 18.1. The van der Waals surface area contributed by atoms with Gasteiger partial charge < -0.3 is 24.8 Å². The lowest BCUT2D eigenvalue weighted by Gasteiger charge is -2.17. The predicted octanol–water partition coefficient (Wildman–Crippen LogP) is 2.09. The summed E-state index contributed by atoms with van der Waals surface area (Å²) < 4.78 is 7.13. The fourth-order valence-corrected chi connectivity index (χ4v) is 4.04. The van der Waals surface area contributed by atoms with Crippen LogP contribution in [0.1, 0.15) is 16.8 Å². The Kier molecular flexibility index (Phi) is 6.11. The molecule has 2 heterocycles. The molecule has 1 saturated heterocycles. The van der Waals surface area contributed by atoms with Crippen LogP contribution in [0.2, 0.25) is 0 Å². The molecule has 0 saturated carbocycles. The first-order valence-electron chi connectivity index (χ1n) is 10.5. The van der Waals surface area contributed by atoms with Crippen molar-refractivity contribution in [1.29, 1.82) is 0 Å². The van der Waals surface area contributed by atoms with Crippen LogP contribution in [-0.4, -0.2) is 49.0 Å². The number of carbonyl (C=O) groups is 3. The summed E-state index contributed by atoms with van der Waals surface area (Å²) in [4.78, 5) is 39.1. The Morgan fingerprint density at radius 3 is 2.69 bits per heavy atom. The molecule has 1 atom stereocenters. The van der Waals surface area contributed by atoms with E-state index < -0.39 is 5.92 Å². The molecule has 0 spiro atoms. The summed E-state index contributed by atoms with van der Waals surface area (Å²) in [5.74, 6) is -0.241. The van der Waals surface area contributed by atoms with E-state index in [9.17, 15) is 14.4 Å². The Balaban J connectivity index is 1.28. The van der Waals surface area contributed by atoms with Crippen LogP contribution in [0.5, 0.6) is 5.75 Å². The molecule has 32 heavy (non-hydrogen) atoms. The molecule has 4 rings (SSSR count). The summed E-state index contributed by atoms with van der Waals surface area (Å²) in [6.07, 6.45) is 1.96. The van der Waals surface area contributed by atoms with Crippen molar-refractivity contribution < 1.29 is 19.1 Å². The number of nitrogens with one attached hydrogen (secondary N) is 2. The maximum Gasteiger partial charge on any atom is 0.253 e. The average Bonchev–Trinajstić information content (AvgIpc) is 3.37. The van der Waals surface area contributed by atoms with Crippen LogP contribution >= 0.6 is 0 Å². The van der Waals surface area contributed by atoms with Gasteiger partial charge in [-0.05, 0) is 18.2 Å². The minimum absolute atomic E-state index is 0.0948. The molecule has 3 aromatic rings. The first-order chi connectivity index (χ1) is 15.5. The van der Waals surface area contributed by atoms with E-state index in [4.69, 9.17) is 4.74 Å². The van der Waals surface area contributed by atoms with Crippen LogP contribution in [0, 0.1) is 5.92 Å². The molecule has 0 radical (unpaired) electrons. The third-order valence-corrected chi connectivity index (χ3v) is 5.71. The van der Waals surface area contributed by atoms with E-state index in [1.807, 2.05) is 48.0 Å². The number of aryl methyl sites for hydroxylation is 1. The SMILES string of the molecule is COc1cccc(N2CC(C(=O)NCCNC(=O)c3cn(C)c4ccccc34)CC2=O)c1. The van der Waals surface area contributed by atoms with Gasteiger partial charge in [0.05, 0.1) is 18.6 Å². The van der Waals surface area contributed by atoms with Crippen LogP contribution in [0.25, 0.3) is 10.9 Å². The molecule has 3 amide bonds. The molecule has 0 bridgehead atoms. The van der Waals surface area contributed by atoms with E-state index in [1.54, 1.807) is 30.3 Å². The van der Waals surface area contributed by atoms with E-state index in [0.29, 0.717) is 36.6 Å². The highest BCUT2D eigenvalue weighted by Gasteiger charge is 2.35. The third-order valence-electron chi connectivity index (χ3n) is 5.71. The molecular formula is C24H26N4O4. The molecule has 1 fully saturated rings. The largest absolute Gasteiger partial charge is 0.497 e. The lowest BCUT2D eigenvalue weighted by molar-refractivity contribution is -0.126. The lowest BCUT2D eigenvalue weighted by atomic mass is 10.1. The van der Waals surface area contributed by atoms with E-state index >= 15 is 0 Å². The minimum atomic E-state index is -0.428. The van der Waals surface area contributed by atoms with Crippen molar-refractivity contribution in [2.45, 2.75) is 6.42 Å². The minimum Gasteiger partial charge on any atom is -0.497 e. The van der Waals surface area contributed by atoms with Crippen LogP contribution in [-0.2, 0) is 16.6 Å². The van der Waals surface area contributed by atoms with Gasteiger partial charge in [0.2, 0.25) is 11.8 Å². The highest BCUT2D eigenvalue weighted by molar-refractivity contribution is 6.07. The summed E-state index contributed by atoms with van der Waals surface area (Å²) >= 11 is 0. The van der Waals surface area contributed by atoms with Crippen molar-refractivity contribution in [2.24, 2.45) is 13.0 Å². The zero-order chi connectivity index (χ0) is 22.7. The van der Waals surface area contributed by atoms with Crippen molar-refractivity contribution >= 4 is 34.3 Å². The number of amides is 3. The summed E-state index contributed by atoms with van der Waals surface area (Å²) in [6.45, 7) is 0.910. The molecule has 166 valence electrons. The predicted molar refractivity (Wildman–Crippen MR) is 122 cm³/mol. The van der Waals surface area contributed by atoms with Gasteiger partial charge in [0, 0.05) is 62.0 Å². The van der Waals surface area contributed by atoms with Crippen molar-refractivity contribution in [1.82, 2.24) is 15.2 Å². The quantitative estimate of drug-likeness (QED) is 0.557. The molecule has 1 aromatic heterocycles. The fraction of sp³-hybridized carbons (Fsp3) is 0.292. The van der Waals surface area contributed by atoms with Crippen molar-refractivity contribution in [3.05, 3.63) is 60.3 Å². The number of aromatic nitrogens is 1. The van der Waals surface area contributed by atoms with Crippen molar-refractivity contribution in [3.8, 4) is 5.75 Å². The number of methoxy groups -OCH3 is 1. The monoisotopic (exact) mass is 434 g/mol. The van der Waals surface area contributed by atoms with E-state index in [1.165, 1.54) is 0 Å². The van der Waals surface area contributed by atoms with Gasteiger partial charge in [-0.1, -0.05) is 24.3 Å². The Labute approximate surface area is 186 Å². The molecular weight excluding hydrogens is 408 g/mol. The summed E-state index contributed by atoms with van der Waals surface area (Å²) in [5, 5.41) is 6.56. The number of carbonyl (C=O) groups excluding carboxylic acids is 3. The number of hydrogen-bond acceptors (Lipinski definition) is 4. The van der Waals surface area contributed by atoms with Crippen LogP contribution in [0.4, 0.5) is 5.69 Å². The van der Waals surface area contributed by atoms with Gasteiger partial charge in [-0.15, -0.1) is 0 Å². The highest BCUT2D eigenvalue weighted by Crippen LogP contribution is 2.28. The molecule has 2 aromatic carbocycles. The average molecular weight is 434 g/mol. The Morgan fingerprint density at radius 1 is 1.09 bits per heavy atom. The van der Waals surface area contributed by atoms with Gasteiger partial charge in [0.15, 0.2) is 0 Å². The fourth-order valence-electron chi connectivity index (χ4n) is 4.04. The second kappa shape index (κ2) is 9.13. The zero-order valence-corrected chi connectivity index (χ0v) is 18.1. The number of para-hydroxylation sites is 1. The first-order valence-corrected chi connectivity index (χ1v) is 10.5. The topological polar surface area (TPSA) is 92.7 Å². The molecule has 0 aliphatic carbocycles. The lowest BCUT2D eigenvalue weighted by Crippen LogP contribution is -2.38. The normalized spacial score (nSPS) is 15.8.